The summed E-state index contributed by atoms with van der Waals surface area (Å²) < 4.78 is 16.9. The molecule has 0 unspecified atom stereocenters. The van der Waals surface area contributed by atoms with Crippen LogP contribution in [-0.2, 0) is 11.4 Å². The molecule has 0 atom stereocenters. The molecule has 6 nitrogen and oxygen atoms in total. The average Bonchev–Trinajstić information content (AvgIpc) is 3.00. The van der Waals surface area contributed by atoms with Crippen molar-refractivity contribution in [1.29, 1.82) is 0 Å². The van der Waals surface area contributed by atoms with E-state index in [9.17, 15) is 0 Å². The van der Waals surface area contributed by atoms with Crippen molar-refractivity contribution in [3.05, 3.63) is 53.3 Å². The Morgan fingerprint density at radius 2 is 1.96 bits per heavy atom. The summed E-state index contributed by atoms with van der Waals surface area (Å²) in [6.45, 7) is 6.72. The van der Waals surface area contributed by atoms with Gasteiger partial charge in [-0.25, -0.2) is 4.98 Å². The van der Waals surface area contributed by atoms with Gasteiger partial charge in [-0.05, 0) is 44.0 Å². The van der Waals surface area contributed by atoms with E-state index in [1.54, 1.807) is 0 Å². The molecule has 0 N–H and O–H groups in total. The molecule has 0 bridgehead atoms. The van der Waals surface area contributed by atoms with Crippen molar-refractivity contribution < 1.29 is 18.7 Å². The fourth-order valence-corrected chi connectivity index (χ4v) is 2.15. The summed E-state index contributed by atoms with van der Waals surface area (Å²) in [6.07, 6.45) is 6.89. The van der Waals surface area contributed by atoms with Crippen LogP contribution in [0.4, 0.5) is 0 Å². The first-order valence-corrected chi connectivity index (χ1v) is 7.63. The third-order valence-corrected chi connectivity index (χ3v) is 3.22. The van der Waals surface area contributed by atoms with Gasteiger partial charge in [-0.15, -0.1) is 0 Å². The summed E-state index contributed by atoms with van der Waals surface area (Å²) in [5.74, 6) is 2.10. The summed E-state index contributed by atoms with van der Waals surface area (Å²) in [4.78, 5) is 8.84. The molecule has 0 saturated heterocycles. The summed E-state index contributed by atoms with van der Waals surface area (Å²) in [6, 6.07) is 3.91. The Morgan fingerprint density at radius 3 is 2.62 bits per heavy atom. The lowest BCUT2D eigenvalue weighted by molar-refractivity contribution is 0.215. The Hall–Kier alpha value is -2.76. The van der Waals surface area contributed by atoms with E-state index in [-0.39, 0.29) is 6.61 Å². The smallest absolute Gasteiger partial charge is 0.232 e. The van der Waals surface area contributed by atoms with Gasteiger partial charge < -0.3 is 18.7 Å². The first-order chi connectivity index (χ1) is 11.6. The molecule has 1 heterocycles. The van der Waals surface area contributed by atoms with Crippen molar-refractivity contribution in [1.82, 2.24) is 4.98 Å². The van der Waals surface area contributed by atoms with Crippen molar-refractivity contribution >= 4 is 6.21 Å². The zero-order valence-corrected chi connectivity index (χ0v) is 14.4. The maximum Gasteiger partial charge on any atom is 0.232 e. The highest BCUT2D eigenvalue weighted by molar-refractivity contribution is 5.75. The number of aromatic nitrogens is 1. The summed E-state index contributed by atoms with van der Waals surface area (Å²) >= 11 is 0. The lowest BCUT2D eigenvalue weighted by atomic mass is 10.1. The topological polar surface area (TPSA) is 66.1 Å². The molecule has 0 radical (unpaired) electrons. The Bertz CT molecular complexity index is 697. The Kier molecular flexibility index (Phi) is 6.42. The SMILES string of the molecule is C/C=C/COc1cc(C)c(OCc2nc(/C=N/OC)co2)c(C)c1. The normalized spacial score (nSPS) is 11.3. The lowest BCUT2D eigenvalue weighted by Gasteiger charge is -2.13. The van der Waals surface area contributed by atoms with E-state index in [4.69, 9.17) is 13.9 Å². The molecule has 24 heavy (non-hydrogen) atoms. The van der Waals surface area contributed by atoms with Gasteiger partial charge in [-0.3, -0.25) is 0 Å². The third-order valence-electron chi connectivity index (χ3n) is 3.22. The second-order valence-corrected chi connectivity index (χ2v) is 5.14. The van der Waals surface area contributed by atoms with E-state index in [0.717, 1.165) is 22.6 Å². The Balaban J connectivity index is 2.01. The number of allylic oxidation sites excluding steroid dienone is 1. The number of ether oxygens (including phenoxy) is 2. The summed E-state index contributed by atoms with van der Waals surface area (Å²) in [5, 5.41) is 3.64. The summed E-state index contributed by atoms with van der Waals surface area (Å²) in [5.41, 5.74) is 2.58. The predicted molar refractivity (Wildman–Crippen MR) is 91.7 cm³/mol. The largest absolute Gasteiger partial charge is 0.490 e. The van der Waals surface area contributed by atoms with Crippen LogP contribution in [-0.4, -0.2) is 24.9 Å². The van der Waals surface area contributed by atoms with Crippen LogP contribution in [0.1, 0.15) is 29.6 Å². The van der Waals surface area contributed by atoms with Gasteiger partial charge in [0.1, 0.15) is 37.2 Å². The fraction of sp³-hybridized carbons (Fsp3) is 0.333. The van der Waals surface area contributed by atoms with E-state index in [1.807, 2.05) is 45.1 Å². The Morgan fingerprint density at radius 1 is 1.21 bits per heavy atom. The molecule has 0 aliphatic heterocycles. The second kappa shape index (κ2) is 8.76. The molecular weight excluding hydrogens is 308 g/mol. The average molecular weight is 330 g/mol. The standard InChI is InChI=1S/C18H22N2O4/c1-5-6-7-22-16-8-13(2)18(14(3)9-16)24-12-17-20-15(11-23-17)10-19-21-4/h5-6,8-11H,7,12H2,1-4H3/b6-5+,19-10+. The number of rotatable bonds is 8. The molecule has 2 aromatic rings. The maximum atomic E-state index is 5.85. The molecule has 0 saturated carbocycles. The number of nitrogens with zero attached hydrogens (tertiary/aromatic N) is 2. The number of aryl methyl sites for hydroxylation is 2. The quantitative estimate of drug-likeness (QED) is 0.418. The molecule has 0 spiro atoms. The van der Waals surface area contributed by atoms with Crippen molar-refractivity contribution in [2.45, 2.75) is 27.4 Å². The van der Waals surface area contributed by atoms with Crippen molar-refractivity contribution in [2.75, 3.05) is 13.7 Å². The van der Waals surface area contributed by atoms with E-state index in [2.05, 4.69) is 15.0 Å². The number of hydrogen-bond acceptors (Lipinski definition) is 6. The first kappa shape index (κ1) is 17.6. The number of oxazole rings is 1. The van der Waals surface area contributed by atoms with Crippen LogP contribution in [0.15, 0.2) is 40.1 Å². The van der Waals surface area contributed by atoms with Crippen LogP contribution in [0, 0.1) is 13.8 Å². The number of oxime groups is 1. The molecule has 0 aliphatic carbocycles. The van der Waals surface area contributed by atoms with Gasteiger partial charge in [0.15, 0.2) is 6.61 Å². The molecule has 1 aromatic heterocycles. The van der Waals surface area contributed by atoms with Crippen LogP contribution >= 0.6 is 0 Å². The van der Waals surface area contributed by atoms with Crippen molar-refractivity contribution in [3.8, 4) is 11.5 Å². The van der Waals surface area contributed by atoms with E-state index < -0.39 is 0 Å². The van der Waals surface area contributed by atoms with E-state index >= 15 is 0 Å². The monoisotopic (exact) mass is 330 g/mol. The summed E-state index contributed by atoms with van der Waals surface area (Å²) in [7, 11) is 1.47. The van der Waals surface area contributed by atoms with Gasteiger partial charge in [0, 0.05) is 0 Å². The molecule has 0 amide bonds. The van der Waals surface area contributed by atoms with Gasteiger partial charge in [0.25, 0.3) is 0 Å². The Labute approximate surface area is 141 Å². The molecular formula is C18H22N2O4. The molecule has 2 rings (SSSR count). The highest BCUT2D eigenvalue weighted by Crippen LogP contribution is 2.29. The zero-order valence-electron chi connectivity index (χ0n) is 14.4. The van der Waals surface area contributed by atoms with Crippen molar-refractivity contribution in [3.63, 3.8) is 0 Å². The van der Waals surface area contributed by atoms with E-state index in [0.29, 0.717) is 18.2 Å². The molecule has 1 aromatic carbocycles. The maximum absolute atomic E-state index is 5.85. The predicted octanol–water partition coefficient (Wildman–Crippen LogP) is 3.81. The van der Waals surface area contributed by atoms with Gasteiger partial charge in [-0.1, -0.05) is 17.3 Å². The van der Waals surface area contributed by atoms with Gasteiger partial charge in [0.2, 0.25) is 5.89 Å². The van der Waals surface area contributed by atoms with Crippen LogP contribution in [0.5, 0.6) is 11.5 Å². The first-order valence-electron chi connectivity index (χ1n) is 7.63. The lowest BCUT2D eigenvalue weighted by Crippen LogP contribution is -2.01. The van der Waals surface area contributed by atoms with Crippen molar-refractivity contribution in [2.24, 2.45) is 5.16 Å². The molecule has 6 heteroatoms. The zero-order chi connectivity index (χ0) is 17.4. The third kappa shape index (κ3) is 4.87. The number of hydrogen-bond donors (Lipinski definition) is 0. The minimum Gasteiger partial charge on any atom is -0.490 e. The molecule has 0 aliphatic rings. The molecule has 0 fully saturated rings. The minimum absolute atomic E-state index is 0.237. The minimum atomic E-state index is 0.237. The fourth-order valence-electron chi connectivity index (χ4n) is 2.15. The van der Waals surface area contributed by atoms with Crippen LogP contribution in [0.3, 0.4) is 0 Å². The van der Waals surface area contributed by atoms with Crippen LogP contribution in [0.2, 0.25) is 0 Å². The van der Waals surface area contributed by atoms with Gasteiger partial charge in [0.05, 0.1) is 6.21 Å². The van der Waals surface area contributed by atoms with Crippen LogP contribution in [0.25, 0.3) is 0 Å². The second-order valence-electron chi connectivity index (χ2n) is 5.14. The van der Waals surface area contributed by atoms with Gasteiger partial charge in [-0.2, -0.15) is 0 Å². The van der Waals surface area contributed by atoms with Gasteiger partial charge >= 0.3 is 0 Å². The highest BCUT2D eigenvalue weighted by atomic mass is 16.6. The van der Waals surface area contributed by atoms with E-state index in [1.165, 1.54) is 19.6 Å². The number of benzene rings is 1. The highest BCUT2D eigenvalue weighted by Gasteiger charge is 2.10. The van der Waals surface area contributed by atoms with Crippen LogP contribution < -0.4 is 9.47 Å². The molecule has 128 valence electrons.